The average molecular weight is 260 g/mol. The fraction of sp³-hybridized carbons (Fsp3) is 0.562. The van der Waals surface area contributed by atoms with Crippen LogP contribution in [0.2, 0.25) is 0 Å². The van der Waals surface area contributed by atoms with Crippen LogP contribution in [-0.2, 0) is 6.42 Å². The first-order valence-corrected chi connectivity index (χ1v) is 7.29. The van der Waals surface area contributed by atoms with Gasteiger partial charge in [-0.15, -0.1) is 0 Å². The molecule has 0 unspecified atom stereocenters. The third kappa shape index (κ3) is 3.57. The Morgan fingerprint density at radius 1 is 1.26 bits per heavy atom. The molecule has 3 nitrogen and oxygen atoms in total. The summed E-state index contributed by atoms with van der Waals surface area (Å²) in [5.41, 5.74) is 2.12. The molecule has 0 spiro atoms. The average Bonchev–Trinajstić information content (AvgIpc) is 2.48. The molecule has 0 saturated carbocycles. The number of amides is 1. The van der Waals surface area contributed by atoms with E-state index in [1.807, 2.05) is 24.1 Å². The standard InChI is InChI=1S/C16H24N2O/c1-3-4-13-5-7-14(8-6-13)16(19)18(2)15-9-11-17-12-10-15/h5-8,15,17H,3-4,9-12H2,1-2H3. The molecule has 1 aromatic carbocycles. The lowest BCUT2D eigenvalue weighted by Gasteiger charge is -2.31. The van der Waals surface area contributed by atoms with Gasteiger partial charge in [-0.2, -0.15) is 0 Å². The summed E-state index contributed by atoms with van der Waals surface area (Å²) in [6, 6.07) is 8.46. The van der Waals surface area contributed by atoms with Crippen molar-refractivity contribution in [2.75, 3.05) is 20.1 Å². The summed E-state index contributed by atoms with van der Waals surface area (Å²) in [4.78, 5) is 14.3. The second-order valence-corrected chi connectivity index (χ2v) is 5.34. The van der Waals surface area contributed by atoms with Gasteiger partial charge in [-0.1, -0.05) is 25.5 Å². The van der Waals surface area contributed by atoms with Crippen molar-refractivity contribution in [1.82, 2.24) is 10.2 Å². The summed E-state index contributed by atoms with van der Waals surface area (Å²) in [5.74, 6) is 0.148. The van der Waals surface area contributed by atoms with Gasteiger partial charge in [0.15, 0.2) is 0 Å². The Morgan fingerprint density at radius 2 is 1.89 bits per heavy atom. The number of hydrogen-bond acceptors (Lipinski definition) is 2. The van der Waals surface area contributed by atoms with Crippen molar-refractivity contribution in [3.05, 3.63) is 35.4 Å². The van der Waals surface area contributed by atoms with Gasteiger partial charge in [0, 0.05) is 18.7 Å². The number of carbonyl (C=O) groups is 1. The molecular weight excluding hydrogens is 236 g/mol. The van der Waals surface area contributed by atoms with Crippen LogP contribution >= 0.6 is 0 Å². The van der Waals surface area contributed by atoms with E-state index in [4.69, 9.17) is 0 Å². The van der Waals surface area contributed by atoms with Crippen LogP contribution in [0.15, 0.2) is 24.3 Å². The quantitative estimate of drug-likeness (QED) is 0.902. The van der Waals surface area contributed by atoms with Crippen LogP contribution < -0.4 is 5.32 Å². The van der Waals surface area contributed by atoms with Gasteiger partial charge >= 0.3 is 0 Å². The molecule has 1 N–H and O–H groups in total. The maximum absolute atomic E-state index is 12.4. The molecule has 3 heteroatoms. The minimum Gasteiger partial charge on any atom is -0.339 e. The number of rotatable bonds is 4. The largest absolute Gasteiger partial charge is 0.339 e. The van der Waals surface area contributed by atoms with Crippen LogP contribution in [0.5, 0.6) is 0 Å². The highest BCUT2D eigenvalue weighted by atomic mass is 16.2. The minimum atomic E-state index is 0.148. The number of nitrogens with zero attached hydrogens (tertiary/aromatic N) is 1. The number of carbonyl (C=O) groups excluding carboxylic acids is 1. The van der Waals surface area contributed by atoms with E-state index in [2.05, 4.69) is 24.4 Å². The van der Waals surface area contributed by atoms with E-state index in [-0.39, 0.29) is 5.91 Å². The Kier molecular flexibility index (Phi) is 4.97. The highest BCUT2D eigenvalue weighted by molar-refractivity contribution is 5.94. The highest BCUT2D eigenvalue weighted by Gasteiger charge is 2.22. The predicted molar refractivity (Wildman–Crippen MR) is 78.4 cm³/mol. The molecule has 0 atom stereocenters. The minimum absolute atomic E-state index is 0.148. The zero-order chi connectivity index (χ0) is 13.7. The van der Waals surface area contributed by atoms with Crippen LogP contribution in [0.4, 0.5) is 0 Å². The molecule has 1 aliphatic heterocycles. The Morgan fingerprint density at radius 3 is 2.47 bits per heavy atom. The molecular formula is C16H24N2O. The van der Waals surface area contributed by atoms with Gasteiger partial charge in [0.05, 0.1) is 0 Å². The normalized spacial score (nSPS) is 16.3. The molecule has 1 aromatic rings. The fourth-order valence-corrected chi connectivity index (χ4v) is 2.67. The molecule has 1 amide bonds. The highest BCUT2D eigenvalue weighted by Crippen LogP contribution is 2.14. The number of benzene rings is 1. The van der Waals surface area contributed by atoms with Gasteiger partial charge in [0.2, 0.25) is 0 Å². The summed E-state index contributed by atoms with van der Waals surface area (Å²) in [7, 11) is 1.93. The summed E-state index contributed by atoms with van der Waals surface area (Å²) in [5, 5.41) is 3.33. The van der Waals surface area contributed by atoms with Crippen molar-refractivity contribution < 1.29 is 4.79 Å². The third-order valence-electron chi connectivity index (χ3n) is 3.92. The molecule has 0 radical (unpaired) electrons. The smallest absolute Gasteiger partial charge is 0.253 e. The van der Waals surface area contributed by atoms with E-state index in [0.29, 0.717) is 6.04 Å². The molecule has 0 aliphatic carbocycles. The van der Waals surface area contributed by atoms with E-state index >= 15 is 0 Å². The summed E-state index contributed by atoms with van der Waals surface area (Å²) in [6.07, 6.45) is 4.33. The molecule has 2 rings (SSSR count). The Bertz CT molecular complexity index is 407. The molecule has 1 aliphatic rings. The Labute approximate surface area is 116 Å². The molecule has 0 aromatic heterocycles. The molecule has 104 valence electrons. The summed E-state index contributed by atoms with van der Waals surface area (Å²) in [6.45, 7) is 4.19. The topological polar surface area (TPSA) is 32.3 Å². The van der Waals surface area contributed by atoms with E-state index in [9.17, 15) is 4.79 Å². The van der Waals surface area contributed by atoms with Gasteiger partial charge in [-0.25, -0.2) is 0 Å². The molecule has 1 saturated heterocycles. The van der Waals surface area contributed by atoms with Crippen LogP contribution in [-0.4, -0.2) is 37.0 Å². The first kappa shape index (κ1) is 14.1. The Balaban J connectivity index is 2.01. The molecule has 1 heterocycles. The number of hydrogen-bond donors (Lipinski definition) is 1. The van der Waals surface area contributed by atoms with E-state index < -0.39 is 0 Å². The first-order valence-electron chi connectivity index (χ1n) is 7.29. The lowest BCUT2D eigenvalue weighted by molar-refractivity contribution is 0.0703. The zero-order valence-corrected chi connectivity index (χ0v) is 12.0. The van der Waals surface area contributed by atoms with E-state index in [1.54, 1.807) is 0 Å². The molecule has 0 bridgehead atoms. The van der Waals surface area contributed by atoms with Crippen LogP contribution in [0.3, 0.4) is 0 Å². The third-order valence-corrected chi connectivity index (χ3v) is 3.92. The second kappa shape index (κ2) is 6.71. The van der Waals surface area contributed by atoms with Crippen molar-refractivity contribution in [3.8, 4) is 0 Å². The van der Waals surface area contributed by atoms with Crippen molar-refractivity contribution in [1.29, 1.82) is 0 Å². The summed E-state index contributed by atoms with van der Waals surface area (Å²) < 4.78 is 0. The SMILES string of the molecule is CCCc1ccc(C(=O)N(C)C2CCNCC2)cc1. The van der Waals surface area contributed by atoms with E-state index in [0.717, 1.165) is 44.3 Å². The first-order chi connectivity index (χ1) is 9.22. The lowest BCUT2D eigenvalue weighted by atomic mass is 10.0. The van der Waals surface area contributed by atoms with Gasteiger partial charge in [-0.3, -0.25) is 4.79 Å². The summed E-state index contributed by atoms with van der Waals surface area (Å²) >= 11 is 0. The zero-order valence-electron chi connectivity index (χ0n) is 12.0. The Hall–Kier alpha value is -1.35. The maximum atomic E-state index is 12.4. The number of aryl methyl sites for hydroxylation is 1. The maximum Gasteiger partial charge on any atom is 0.253 e. The van der Waals surface area contributed by atoms with Crippen molar-refractivity contribution in [2.45, 2.75) is 38.6 Å². The van der Waals surface area contributed by atoms with Gasteiger partial charge < -0.3 is 10.2 Å². The van der Waals surface area contributed by atoms with Crippen LogP contribution in [0.1, 0.15) is 42.1 Å². The second-order valence-electron chi connectivity index (χ2n) is 5.34. The van der Waals surface area contributed by atoms with Crippen LogP contribution in [0, 0.1) is 0 Å². The van der Waals surface area contributed by atoms with Crippen molar-refractivity contribution >= 4 is 5.91 Å². The fourth-order valence-electron chi connectivity index (χ4n) is 2.67. The monoisotopic (exact) mass is 260 g/mol. The lowest BCUT2D eigenvalue weighted by Crippen LogP contribution is -2.43. The number of nitrogens with one attached hydrogen (secondary N) is 1. The van der Waals surface area contributed by atoms with Gasteiger partial charge in [0.25, 0.3) is 5.91 Å². The van der Waals surface area contributed by atoms with Gasteiger partial charge in [-0.05, 0) is 50.0 Å². The van der Waals surface area contributed by atoms with Crippen molar-refractivity contribution in [2.24, 2.45) is 0 Å². The molecule has 1 fully saturated rings. The number of piperidine rings is 1. The molecule has 19 heavy (non-hydrogen) atoms. The predicted octanol–water partition coefficient (Wildman–Crippen LogP) is 2.46. The van der Waals surface area contributed by atoms with E-state index in [1.165, 1.54) is 5.56 Å². The van der Waals surface area contributed by atoms with Crippen LogP contribution in [0.25, 0.3) is 0 Å². The van der Waals surface area contributed by atoms with Crippen molar-refractivity contribution in [3.63, 3.8) is 0 Å². The van der Waals surface area contributed by atoms with Gasteiger partial charge in [0.1, 0.15) is 0 Å².